The first-order valence-electron chi connectivity index (χ1n) is 9.08. The van der Waals surface area contributed by atoms with Crippen LogP contribution < -0.4 is 10.5 Å². The van der Waals surface area contributed by atoms with Crippen molar-refractivity contribution < 1.29 is 4.74 Å². The van der Waals surface area contributed by atoms with Gasteiger partial charge in [0.25, 0.3) is 0 Å². The maximum Gasteiger partial charge on any atom is 0.185 e. The van der Waals surface area contributed by atoms with E-state index >= 15 is 0 Å². The van der Waals surface area contributed by atoms with Gasteiger partial charge in [0, 0.05) is 34.0 Å². The third kappa shape index (κ3) is 2.34. The van der Waals surface area contributed by atoms with Gasteiger partial charge in [-0.05, 0) is 17.7 Å². The molecule has 0 spiro atoms. The van der Waals surface area contributed by atoms with Gasteiger partial charge >= 0.3 is 0 Å². The van der Waals surface area contributed by atoms with E-state index in [2.05, 4.69) is 72.8 Å². The number of rotatable bonds is 2. The second-order valence-corrected chi connectivity index (χ2v) is 6.82. The minimum atomic E-state index is -0.722. The van der Waals surface area contributed by atoms with Gasteiger partial charge in [-0.15, -0.1) is 0 Å². The molecule has 4 aromatic rings. The molecular formula is C25H19NO. The molecule has 130 valence electrons. The predicted octanol–water partition coefficient (Wildman–Crippen LogP) is 5.62. The van der Waals surface area contributed by atoms with Gasteiger partial charge in [0.15, 0.2) is 5.60 Å². The average Bonchev–Trinajstić information content (AvgIpc) is 2.74. The van der Waals surface area contributed by atoms with E-state index in [-0.39, 0.29) is 0 Å². The zero-order chi connectivity index (χ0) is 18.3. The molecule has 0 saturated heterocycles. The Morgan fingerprint density at radius 2 is 1.19 bits per heavy atom. The standard InChI is InChI=1S/C25H19NO/c26-20-15-16-22-21-13-7-8-14-23(21)25(27-24(22)17-20,18-9-3-1-4-10-18)19-11-5-2-6-12-19/h1-17H,26H2. The molecule has 0 saturated carbocycles. The SMILES string of the molecule is Nc1ccc2c(c1)OC(c1ccccc1)(c1ccccc1)c1ccccc1-2. The van der Waals surface area contributed by atoms with E-state index in [1.165, 1.54) is 5.56 Å². The number of nitrogen functional groups attached to an aromatic ring is 1. The Hall–Kier alpha value is -3.52. The highest BCUT2D eigenvalue weighted by atomic mass is 16.5. The first kappa shape index (κ1) is 15.7. The third-order valence-electron chi connectivity index (χ3n) is 5.23. The third-order valence-corrected chi connectivity index (χ3v) is 5.23. The van der Waals surface area contributed by atoms with Crippen molar-refractivity contribution in [2.45, 2.75) is 5.60 Å². The fourth-order valence-corrected chi connectivity index (χ4v) is 4.03. The topological polar surface area (TPSA) is 35.2 Å². The lowest BCUT2D eigenvalue weighted by Gasteiger charge is -2.41. The number of nitrogens with two attached hydrogens (primary N) is 1. The first-order valence-corrected chi connectivity index (χ1v) is 9.08. The maximum absolute atomic E-state index is 6.82. The summed E-state index contributed by atoms with van der Waals surface area (Å²) in [4.78, 5) is 0. The van der Waals surface area contributed by atoms with Crippen LogP contribution in [0.3, 0.4) is 0 Å². The van der Waals surface area contributed by atoms with Crippen LogP contribution in [0.1, 0.15) is 16.7 Å². The zero-order valence-corrected chi connectivity index (χ0v) is 14.8. The summed E-state index contributed by atoms with van der Waals surface area (Å²) in [6.07, 6.45) is 0. The van der Waals surface area contributed by atoms with Crippen molar-refractivity contribution in [3.63, 3.8) is 0 Å². The molecule has 0 fully saturated rings. The molecule has 0 bridgehead atoms. The Kier molecular flexibility index (Phi) is 3.51. The monoisotopic (exact) mass is 349 g/mol. The van der Waals surface area contributed by atoms with Crippen LogP contribution in [-0.4, -0.2) is 0 Å². The highest BCUT2D eigenvalue weighted by Gasteiger charge is 2.44. The van der Waals surface area contributed by atoms with Crippen molar-refractivity contribution in [3.05, 3.63) is 120 Å². The molecule has 2 nitrogen and oxygen atoms in total. The van der Waals surface area contributed by atoms with Gasteiger partial charge in [0.1, 0.15) is 5.75 Å². The van der Waals surface area contributed by atoms with Crippen LogP contribution >= 0.6 is 0 Å². The fraction of sp³-hybridized carbons (Fsp3) is 0.0400. The summed E-state index contributed by atoms with van der Waals surface area (Å²) < 4.78 is 6.82. The average molecular weight is 349 g/mol. The minimum absolute atomic E-state index is 0.697. The molecule has 4 aromatic carbocycles. The number of benzene rings is 4. The molecule has 1 aliphatic rings. The molecule has 1 heterocycles. The van der Waals surface area contributed by atoms with Crippen LogP contribution in [0, 0.1) is 0 Å². The molecule has 0 aliphatic carbocycles. The van der Waals surface area contributed by atoms with Gasteiger partial charge in [-0.1, -0.05) is 84.9 Å². The van der Waals surface area contributed by atoms with Gasteiger partial charge in [-0.2, -0.15) is 0 Å². The predicted molar refractivity (Wildman–Crippen MR) is 110 cm³/mol. The summed E-state index contributed by atoms with van der Waals surface area (Å²) in [5.74, 6) is 0.807. The summed E-state index contributed by atoms with van der Waals surface area (Å²) in [5.41, 5.74) is 11.6. The second kappa shape index (κ2) is 6.03. The molecule has 2 N–H and O–H groups in total. The van der Waals surface area contributed by atoms with Gasteiger partial charge < -0.3 is 10.5 Å². The van der Waals surface area contributed by atoms with Crippen LogP contribution in [0.5, 0.6) is 5.75 Å². The van der Waals surface area contributed by atoms with Crippen molar-refractivity contribution in [1.29, 1.82) is 0 Å². The van der Waals surface area contributed by atoms with E-state index in [1.807, 2.05) is 30.3 Å². The summed E-state index contributed by atoms with van der Waals surface area (Å²) in [6, 6.07) is 35.2. The Labute approximate surface area is 158 Å². The quantitative estimate of drug-likeness (QED) is 0.477. The summed E-state index contributed by atoms with van der Waals surface area (Å²) in [6.45, 7) is 0. The normalized spacial score (nSPS) is 13.9. The van der Waals surface area contributed by atoms with E-state index in [0.29, 0.717) is 5.69 Å². The molecule has 1 aliphatic heterocycles. The maximum atomic E-state index is 6.82. The van der Waals surface area contributed by atoms with Crippen LogP contribution in [-0.2, 0) is 5.60 Å². The first-order chi connectivity index (χ1) is 13.3. The Bertz CT molecular complexity index is 1060. The van der Waals surface area contributed by atoms with Crippen molar-refractivity contribution in [2.75, 3.05) is 5.73 Å². The number of hydrogen-bond donors (Lipinski definition) is 1. The highest BCUT2D eigenvalue weighted by molar-refractivity contribution is 5.80. The molecule has 5 rings (SSSR count). The Morgan fingerprint density at radius 1 is 0.593 bits per heavy atom. The largest absolute Gasteiger partial charge is 0.472 e. The van der Waals surface area contributed by atoms with E-state index < -0.39 is 5.60 Å². The summed E-state index contributed by atoms with van der Waals surface area (Å²) in [7, 11) is 0. The highest BCUT2D eigenvalue weighted by Crippen LogP contribution is 2.51. The fourth-order valence-electron chi connectivity index (χ4n) is 4.03. The number of anilines is 1. The summed E-state index contributed by atoms with van der Waals surface area (Å²) in [5, 5.41) is 0. The Morgan fingerprint density at radius 3 is 1.85 bits per heavy atom. The molecule has 0 atom stereocenters. The van der Waals surface area contributed by atoms with Crippen molar-refractivity contribution in [1.82, 2.24) is 0 Å². The van der Waals surface area contributed by atoms with Crippen molar-refractivity contribution >= 4 is 5.69 Å². The lowest BCUT2D eigenvalue weighted by atomic mass is 9.75. The van der Waals surface area contributed by atoms with Crippen molar-refractivity contribution in [2.24, 2.45) is 0 Å². The molecule has 0 amide bonds. The zero-order valence-electron chi connectivity index (χ0n) is 14.8. The van der Waals surface area contributed by atoms with Crippen LogP contribution in [0.25, 0.3) is 11.1 Å². The molecular weight excluding hydrogens is 330 g/mol. The lowest BCUT2D eigenvalue weighted by molar-refractivity contribution is 0.152. The smallest absolute Gasteiger partial charge is 0.185 e. The van der Waals surface area contributed by atoms with E-state index in [1.54, 1.807) is 0 Å². The molecule has 0 radical (unpaired) electrons. The second-order valence-electron chi connectivity index (χ2n) is 6.82. The molecule has 0 aromatic heterocycles. The molecule has 27 heavy (non-hydrogen) atoms. The van der Waals surface area contributed by atoms with Gasteiger partial charge in [0.2, 0.25) is 0 Å². The lowest BCUT2D eigenvalue weighted by Crippen LogP contribution is -2.38. The minimum Gasteiger partial charge on any atom is -0.472 e. The summed E-state index contributed by atoms with van der Waals surface area (Å²) >= 11 is 0. The van der Waals surface area contributed by atoms with E-state index in [0.717, 1.165) is 28.0 Å². The number of ether oxygens (including phenoxy) is 1. The molecule has 2 heteroatoms. The van der Waals surface area contributed by atoms with Crippen LogP contribution in [0.2, 0.25) is 0 Å². The van der Waals surface area contributed by atoms with Gasteiger partial charge in [0.05, 0.1) is 0 Å². The van der Waals surface area contributed by atoms with Crippen LogP contribution in [0.4, 0.5) is 5.69 Å². The van der Waals surface area contributed by atoms with Crippen molar-refractivity contribution in [3.8, 4) is 16.9 Å². The van der Waals surface area contributed by atoms with E-state index in [4.69, 9.17) is 10.5 Å². The number of hydrogen-bond acceptors (Lipinski definition) is 2. The van der Waals surface area contributed by atoms with Gasteiger partial charge in [-0.25, -0.2) is 0 Å². The van der Waals surface area contributed by atoms with Gasteiger partial charge in [-0.3, -0.25) is 0 Å². The van der Waals surface area contributed by atoms with Crippen LogP contribution in [0.15, 0.2) is 103 Å². The Balaban J connectivity index is 1.90. The number of fused-ring (bicyclic) bond motifs is 3. The van der Waals surface area contributed by atoms with E-state index in [9.17, 15) is 0 Å². The molecule has 0 unspecified atom stereocenters.